The van der Waals surface area contributed by atoms with Crippen LogP contribution in [0.5, 0.6) is 0 Å². The summed E-state index contributed by atoms with van der Waals surface area (Å²) in [6, 6.07) is 11.7. The highest BCUT2D eigenvalue weighted by Gasteiger charge is 2.30. The summed E-state index contributed by atoms with van der Waals surface area (Å²) in [6.07, 6.45) is 1.11. The highest BCUT2D eigenvalue weighted by Crippen LogP contribution is 2.23. The third-order valence-corrected chi connectivity index (χ3v) is 4.69. The summed E-state index contributed by atoms with van der Waals surface area (Å²) >= 11 is 0. The quantitative estimate of drug-likeness (QED) is 0.896. The molecule has 2 N–H and O–H groups in total. The topological polar surface area (TPSA) is 32.5 Å². The van der Waals surface area contributed by atoms with Crippen LogP contribution in [0.3, 0.4) is 0 Å². The van der Waals surface area contributed by atoms with Crippen molar-refractivity contribution in [2.24, 2.45) is 5.73 Å². The molecule has 1 aromatic carbocycles. The smallest absolute Gasteiger partial charge is 0.0453 e. The van der Waals surface area contributed by atoms with Gasteiger partial charge in [0.05, 0.1) is 0 Å². The Kier molecular flexibility index (Phi) is 5.58. The van der Waals surface area contributed by atoms with Crippen molar-refractivity contribution in [1.82, 2.24) is 9.80 Å². The normalized spacial score (nSPS) is 24.5. The molecule has 0 bridgehead atoms. The van der Waals surface area contributed by atoms with Crippen molar-refractivity contribution < 1.29 is 0 Å². The van der Waals surface area contributed by atoms with Gasteiger partial charge >= 0.3 is 0 Å². The Morgan fingerprint density at radius 2 is 1.90 bits per heavy atom. The summed E-state index contributed by atoms with van der Waals surface area (Å²) in [7, 11) is 0. The van der Waals surface area contributed by atoms with E-state index >= 15 is 0 Å². The number of hydrogen-bond donors (Lipinski definition) is 1. The molecule has 3 unspecified atom stereocenters. The van der Waals surface area contributed by atoms with E-state index in [1.807, 2.05) is 0 Å². The fourth-order valence-corrected chi connectivity index (χ4v) is 3.43. The van der Waals surface area contributed by atoms with E-state index in [2.05, 4.69) is 60.9 Å². The van der Waals surface area contributed by atoms with Gasteiger partial charge in [-0.25, -0.2) is 0 Å². The molecule has 0 saturated carbocycles. The van der Waals surface area contributed by atoms with Crippen molar-refractivity contribution in [3.05, 3.63) is 35.9 Å². The van der Waals surface area contributed by atoms with Crippen LogP contribution in [0.1, 0.15) is 38.8 Å². The first-order valence-corrected chi connectivity index (χ1v) is 7.96. The van der Waals surface area contributed by atoms with Gasteiger partial charge < -0.3 is 5.73 Å². The fraction of sp³-hybridized carbons (Fsp3) is 0.647. The average Bonchev–Trinajstić information content (AvgIpc) is 2.49. The molecule has 1 fully saturated rings. The number of benzene rings is 1. The summed E-state index contributed by atoms with van der Waals surface area (Å²) in [6.45, 7) is 11.4. The molecule has 1 aromatic rings. The van der Waals surface area contributed by atoms with E-state index in [0.29, 0.717) is 12.1 Å². The van der Waals surface area contributed by atoms with Crippen molar-refractivity contribution in [1.29, 1.82) is 0 Å². The third-order valence-electron chi connectivity index (χ3n) is 4.69. The van der Waals surface area contributed by atoms with Gasteiger partial charge in [-0.3, -0.25) is 9.80 Å². The summed E-state index contributed by atoms with van der Waals surface area (Å²) in [5, 5.41) is 0. The van der Waals surface area contributed by atoms with E-state index in [1.54, 1.807) is 0 Å². The minimum absolute atomic E-state index is 0.113. The van der Waals surface area contributed by atoms with Crippen LogP contribution in [-0.2, 0) is 0 Å². The van der Waals surface area contributed by atoms with Crippen LogP contribution >= 0.6 is 0 Å². The van der Waals surface area contributed by atoms with Crippen molar-refractivity contribution in [3.8, 4) is 0 Å². The van der Waals surface area contributed by atoms with E-state index in [0.717, 1.165) is 32.6 Å². The van der Waals surface area contributed by atoms with Crippen LogP contribution in [0.2, 0.25) is 0 Å². The number of piperazine rings is 1. The molecule has 112 valence electrons. The molecule has 0 aliphatic carbocycles. The largest absolute Gasteiger partial charge is 0.323 e. The molecule has 0 radical (unpaired) electrons. The summed E-state index contributed by atoms with van der Waals surface area (Å²) in [5.41, 5.74) is 7.79. The van der Waals surface area contributed by atoms with Crippen molar-refractivity contribution in [3.63, 3.8) is 0 Å². The van der Waals surface area contributed by atoms with Crippen molar-refractivity contribution >= 4 is 0 Å². The monoisotopic (exact) mass is 275 g/mol. The molecule has 1 heterocycles. The van der Waals surface area contributed by atoms with Gasteiger partial charge in [0, 0.05) is 37.8 Å². The van der Waals surface area contributed by atoms with E-state index in [1.165, 1.54) is 5.56 Å². The van der Waals surface area contributed by atoms with Crippen molar-refractivity contribution in [2.75, 3.05) is 26.2 Å². The lowest BCUT2D eigenvalue weighted by Crippen LogP contribution is -2.56. The molecular weight excluding hydrogens is 246 g/mol. The molecule has 2 rings (SSSR count). The average molecular weight is 275 g/mol. The highest BCUT2D eigenvalue weighted by molar-refractivity contribution is 5.20. The maximum absolute atomic E-state index is 6.54. The third kappa shape index (κ3) is 3.40. The van der Waals surface area contributed by atoms with E-state index in [9.17, 15) is 0 Å². The molecule has 0 aromatic heterocycles. The summed E-state index contributed by atoms with van der Waals surface area (Å²) in [5.74, 6) is 0. The molecule has 3 heteroatoms. The number of hydrogen-bond acceptors (Lipinski definition) is 3. The van der Waals surface area contributed by atoms with E-state index in [-0.39, 0.29) is 6.04 Å². The lowest BCUT2D eigenvalue weighted by Gasteiger charge is -2.44. The number of rotatable bonds is 5. The minimum Gasteiger partial charge on any atom is -0.323 e. The second-order valence-electron chi connectivity index (χ2n) is 5.88. The molecule has 1 aliphatic rings. The zero-order valence-corrected chi connectivity index (χ0v) is 13.1. The standard InChI is InChI=1S/C17H29N3/c1-4-16(17(18)15-9-7-6-8-10-15)20-12-11-19(5-2)14(3)13-20/h6-10,14,16-17H,4-5,11-13,18H2,1-3H3. The Labute approximate surface area is 123 Å². The maximum Gasteiger partial charge on any atom is 0.0453 e. The Morgan fingerprint density at radius 1 is 1.20 bits per heavy atom. The number of nitrogens with two attached hydrogens (primary N) is 1. The molecule has 0 amide bonds. The highest BCUT2D eigenvalue weighted by atomic mass is 15.3. The van der Waals surface area contributed by atoms with E-state index < -0.39 is 0 Å². The van der Waals surface area contributed by atoms with Crippen molar-refractivity contribution in [2.45, 2.75) is 45.3 Å². The first-order chi connectivity index (χ1) is 9.67. The van der Waals surface area contributed by atoms with Gasteiger partial charge in [-0.1, -0.05) is 44.2 Å². The first kappa shape index (κ1) is 15.5. The van der Waals surface area contributed by atoms with Gasteiger partial charge in [-0.2, -0.15) is 0 Å². The van der Waals surface area contributed by atoms with Crippen LogP contribution in [0.4, 0.5) is 0 Å². The Balaban J connectivity index is 2.05. The fourth-order valence-electron chi connectivity index (χ4n) is 3.43. The second kappa shape index (κ2) is 7.21. The van der Waals surface area contributed by atoms with Crippen LogP contribution < -0.4 is 5.73 Å². The van der Waals surface area contributed by atoms with Crippen LogP contribution in [0.15, 0.2) is 30.3 Å². The predicted octanol–water partition coefficient (Wildman–Crippen LogP) is 2.49. The Bertz CT molecular complexity index is 392. The Morgan fingerprint density at radius 3 is 2.45 bits per heavy atom. The molecule has 3 atom stereocenters. The second-order valence-corrected chi connectivity index (χ2v) is 5.88. The van der Waals surface area contributed by atoms with Gasteiger partial charge in [0.15, 0.2) is 0 Å². The maximum atomic E-state index is 6.54. The summed E-state index contributed by atoms with van der Waals surface area (Å²) in [4.78, 5) is 5.14. The van der Waals surface area contributed by atoms with Gasteiger partial charge in [-0.05, 0) is 25.5 Å². The molecule has 1 saturated heterocycles. The summed E-state index contributed by atoms with van der Waals surface area (Å²) < 4.78 is 0. The SMILES string of the molecule is CCC(C(N)c1ccccc1)N1CCN(CC)C(C)C1. The van der Waals surface area contributed by atoms with Crippen LogP contribution in [-0.4, -0.2) is 48.1 Å². The molecular formula is C17H29N3. The lowest BCUT2D eigenvalue weighted by molar-refractivity contribution is 0.0487. The van der Waals surface area contributed by atoms with Gasteiger partial charge in [0.2, 0.25) is 0 Å². The zero-order valence-electron chi connectivity index (χ0n) is 13.1. The van der Waals surface area contributed by atoms with Gasteiger partial charge in [-0.15, -0.1) is 0 Å². The Hall–Kier alpha value is -0.900. The molecule has 0 spiro atoms. The number of nitrogens with zero attached hydrogens (tertiary/aromatic N) is 2. The number of likely N-dealkylation sites (N-methyl/N-ethyl adjacent to an activating group) is 1. The molecule has 3 nitrogen and oxygen atoms in total. The molecule has 20 heavy (non-hydrogen) atoms. The minimum atomic E-state index is 0.113. The lowest BCUT2D eigenvalue weighted by atomic mass is 9.95. The van der Waals surface area contributed by atoms with Gasteiger partial charge in [0.25, 0.3) is 0 Å². The first-order valence-electron chi connectivity index (χ1n) is 7.96. The van der Waals surface area contributed by atoms with E-state index in [4.69, 9.17) is 5.73 Å². The van der Waals surface area contributed by atoms with Crippen LogP contribution in [0.25, 0.3) is 0 Å². The predicted molar refractivity (Wildman–Crippen MR) is 85.7 cm³/mol. The van der Waals surface area contributed by atoms with Crippen LogP contribution in [0, 0.1) is 0 Å². The molecule has 1 aliphatic heterocycles. The zero-order chi connectivity index (χ0) is 14.5. The van der Waals surface area contributed by atoms with Gasteiger partial charge in [0.1, 0.15) is 0 Å².